The summed E-state index contributed by atoms with van der Waals surface area (Å²) < 4.78 is 5.47. The van der Waals surface area contributed by atoms with Crippen LogP contribution in [0.2, 0.25) is 5.02 Å². The molecule has 1 heterocycles. The van der Waals surface area contributed by atoms with Crippen molar-refractivity contribution in [1.82, 2.24) is 10.2 Å². The first-order chi connectivity index (χ1) is 12.2. The molecular formula is C20H23ClN2O2. The van der Waals surface area contributed by atoms with E-state index in [2.05, 4.69) is 11.4 Å². The van der Waals surface area contributed by atoms with Crippen molar-refractivity contribution in [2.75, 3.05) is 20.2 Å². The van der Waals surface area contributed by atoms with Crippen LogP contribution in [0.4, 0.5) is 4.79 Å². The van der Waals surface area contributed by atoms with E-state index in [1.54, 1.807) is 7.11 Å². The summed E-state index contributed by atoms with van der Waals surface area (Å²) in [5.74, 6) is 1.37. The van der Waals surface area contributed by atoms with Gasteiger partial charge in [-0.15, -0.1) is 0 Å². The van der Waals surface area contributed by atoms with Gasteiger partial charge in [-0.05, 0) is 42.0 Å². The molecule has 0 aromatic heterocycles. The molecule has 5 heteroatoms. The van der Waals surface area contributed by atoms with Crippen LogP contribution in [0.5, 0.6) is 5.75 Å². The smallest absolute Gasteiger partial charge is 0.317 e. The summed E-state index contributed by atoms with van der Waals surface area (Å²) >= 11 is 6.13. The number of carbonyl (C=O) groups is 1. The van der Waals surface area contributed by atoms with Gasteiger partial charge in [-0.3, -0.25) is 0 Å². The van der Waals surface area contributed by atoms with Gasteiger partial charge in [-0.1, -0.05) is 48.0 Å². The first kappa shape index (κ1) is 17.6. The normalized spacial score (nSPS) is 15.0. The van der Waals surface area contributed by atoms with E-state index in [1.165, 1.54) is 5.56 Å². The number of benzene rings is 2. The molecule has 4 nitrogen and oxygen atoms in total. The molecule has 0 bridgehead atoms. The van der Waals surface area contributed by atoms with Gasteiger partial charge in [0.25, 0.3) is 0 Å². The van der Waals surface area contributed by atoms with E-state index < -0.39 is 0 Å². The third-order valence-electron chi connectivity index (χ3n) is 4.75. The quantitative estimate of drug-likeness (QED) is 0.878. The molecule has 1 N–H and O–H groups in total. The van der Waals surface area contributed by atoms with Crippen LogP contribution in [-0.2, 0) is 6.54 Å². The molecular weight excluding hydrogens is 336 g/mol. The number of para-hydroxylation sites is 1. The average molecular weight is 359 g/mol. The highest BCUT2D eigenvalue weighted by Crippen LogP contribution is 2.33. The number of nitrogens with zero attached hydrogens (tertiary/aromatic N) is 1. The zero-order valence-corrected chi connectivity index (χ0v) is 15.1. The van der Waals surface area contributed by atoms with Gasteiger partial charge in [0.15, 0.2) is 0 Å². The second kappa shape index (κ2) is 8.26. The number of halogens is 1. The van der Waals surface area contributed by atoms with E-state index in [0.29, 0.717) is 17.5 Å². The lowest BCUT2D eigenvalue weighted by atomic mass is 9.89. The molecule has 2 aromatic rings. The zero-order valence-electron chi connectivity index (χ0n) is 14.4. The van der Waals surface area contributed by atoms with Crippen LogP contribution in [0.3, 0.4) is 0 Å². The lowest BCUT2D eigenvalue weighted by Crippen LogP contribution is -2.43. The van der Waals surface area contributed by atoms with E-state index in [9.17, 15) is 4.79 Å². The standard InChI is InChI=1S/C20H23ClN2O2/c1-25-19-9-5-3-7-17(19)15-10-12-23(13-11-15)20(24)22-14-16-6-2-4-8-18(16)21/h2-9,15H,10-14H2,1H3,(H,22,24). The first-order valence-electron chi connectivity index (χ1n) is 8.58. The van der Waals surface area contributed by atoms with Crippen molar-refractivity contribution in [3.63, 3.8) is 0 Å². The zero-order chi connectivity index (χ0) is 17.6. The largest absolute Gasteiger partial charge is 0.496 e. The third-order valence-corrected chi connectivity index (χ3v) is 5.12. The van der Waals surface area contributed by atoms with E-state index >= 15 is 0 Å². The number of hydrogen-bond donors (Lipinski definition) is 1. The molecule has 1 aliphatic heterocycles. The van der Waals surface area contributed by atoms with Crippen molar-refractivity contribution < 1.29 is 9.53 Å². The Bertz CT molecular complexity index is 727. The van der Waals surface area contributed by atoms with Gasteiger partial charge >= 0.3 is 6.03 Å². The Labute approximate surface area is 153 Å². The summed E-state index contributed by atoms with van der Waals surface area (Å²) in [5.41, 5.74) is 2.17. The lowest BCUT2D eigenvalue weighted by molar-refractivity contribution is 0.180. The van der Waals surface area contributed by atoms with Gasteiger partial charge in [0.2, 0.25) is 0 Å². The number of piperidine rings is 1. The Morgan fingerprint density at radius 2 is 1.84 bits per heavy atom. The van der Waals surface area contributed by atoms with Gasteiger partial charge in [-0.2, -0.15) is 0 Å². The van der Waals surface area contributed by atoms with Crippen LogP contribution in [0.25, 0.3) is 0 Å². The Balaban J connectivity index is 1.53. The van der Waals surface area contributed by atoms with Crippen molar-refractivity contribution in [1.29, 1.82) is 0 Å². The fourth-order valence-corrected chi connectivity index (χ4v) is 3.52. The molecule has 0 saturated carbocycles. The molecule has 3 rings (SSSR count). The summed E-state index contributed by atoms with van der Waals surface area (Å²) in [6.45, 7) is 1.94. The van der Waals surface area contributed by atoms with Gasteiger partial charge in [0.1, 0.15) is 5.75 Å². The number of methoxy groups -OCH3 is 1. The van der Waals surface area contributed by atoms with Crippen molar-refractivity contribution in [3.8, 4) is 5.75 Å². The van der Waals surface area contributed by atoms with Crippen LogP contribution in [0.1, 0.15) is 29.9 Å². The maximum Gasteiger partial charge on any atom is 0.317 e. The third kappa shape index (κ3) is 4.26. The van der Waals surface area contributed by atoms with Crippen molar-refractivity contribution >= 4 is 17.6 Å². The number of amides is 2. The molecule has 0 unspecified atom stereocenters. The van der Waals surface area contributed by atoms with E-state index in [1.807, 2.05) is 47.4 Å². The van der Waals surface area contributed by atoms with Crippen molar-refractivity contribution in [2.45, 2.75) is 25.3 Å². The molecule has 132 valence electrons. The summed E-state index contributed by atoms with van der Waals surface area (Å²) in [5, 5.41) is 3.64. The fraction of sp³-hybridized carbons (Fsp3) is 0.350. The molecule has 0 atom stereocenters. The van der Waals surface area contributed by atoms with Crippen molar-refractivity contribution in [2.24, 2.45) is 0 Å². The summed E-state index contributed by atoms with van der Waals surface area (Å²) in [4.78, 5) is 14.3. The van der Waals surface area contributed by atoms with Crippen LogP contribution in [-0.4, -0.2) is 31.1 Å². The number of nitrogens with one attached hydrogen (secondary N) is 1. The van der Waals surface area contributed by atoms with E-state index in [-0.39, 0.29) is 6.03 Å². The molecule has 25 heavy (non-hydrogen) atoms. The number of hydrogen-bond acceptors (Lipinski definition) is 2. The Hall–Kier alpha value is -2.20. The number of carbonyl (C=O) groups excluding carboxylic acids is 1. The van der Waals surface area contributed by atoms with Crippen LogP contribution >= 0.6 is 11.6 Å². The Morgan fingerprint density at radius 1 is 1.16 bits per heavy atom. The average Bonchev–Trinajstić information content (AvgIpc) is 2.67. The lowest BCUT2D eigenvalue weighted by Gasteiger charge is -2.32. The second-order valence-electron chi connectivity index (χ2n) is 6.25. The highest BCUT2D eigenvalue weighted by Gasteiger charge is 2.25. The number of urea groups is 1. The summed E-state index contributed by atoms with van der Waals surface area (Å²) in [7, 11) is 1.70. The maximum atomic E-state index is 12.4. The van der Waals surface area contributed by atoms with Gasteiger partial charge in [0.05, 0.1) is 7.11 Å². The van der Waals surface area contributed by atoms with Gasteiger partial charge in [0, 0.05) is 24.7 Å². The second-order valence-corrected chi connectivity index (χ2v) is 6.66. The van der Waals surface area contributed by atoms with E-state index in [4.69, 9.17) is 16.3 Å². The maximum absolute atomic E-state index is 12.4. The minimum Gasteiger partial charge on any atom is -0.496 e. The highest BCUT2D eigenvalue weighted by molar-refractivity contribution is 6.31. The molecule has 0 aliphatic carbocycles. The molecule has 1 fully saturated rings. The predicted molar refractivity (Wildman–Crippen MR) is 100 cm³/mol. The topological polar surface area (TPSA) is 41.6 Å². The molecule has 1 aliphatic rings. The minimum atomic E-state index is -0.0293. The number of ether oxygens (including phenoxy) is 1. The molecule has 2 amide bonds. The Kier molecular flexibility index (Phi) is 5.82. The molecule has 1 saturated heterocycles. The Morgan fingerprint density at radius 3 is 2.56 bits per heavy atom. The predicted octanol–water partition coefficient (Wildman–Crippen LogP) is 4.44. The van der Waals surface area contributed by atoms with E-state index in [0.717, 1.165) is 37.2 Å². The molecule has 2 aromatic carbocycles. The summed E-state index contributed by atoms with van der Waals surface area (Å²) in [6.07, 6.45) is 1.89. The minimum absolute atomic E-state index is 0.0293. The SMILES string of the molecule is COc1ccccc1C1CCN(C(=O)NCc2ccccc2Cl)CC1. The van der Waals surface area contributed by atoms with Crippen LogP contribution < -0.4 is 10.1 Å². The van der Waals surface area contributed by atoms with Gasteiger partial charge < -0.3 is 15.0 Å². The highest BCUT2D eigenvalue weighted by atomic mass is 35.5. The van der Waals surface area contributed by atoms with Crippen LogP contribution in [0, 0.1) is 0 Å². The van der Waals surface area contributed by atoms with Crippen LogP contribution in [0.15, 0.2) is 48.5 Å². The monoisotopic (exact) mass is 358 g/mol. The summed E-state index contributed by atoms with van der Waals surface area (Å²) in [6, 6.07) is 15.7. The van der Waals surface area contributed by atoms with Crippen molar-refractivity contribution in [3.05, 3.63) is 64.7 Å². The molecule has 0 radical (unpaired) electrons. The molecule has 0 spiro atoms. The number of rotatable bonds is 4. The first-order valence-corrected chi connectivity index (χ1v) is 8.96. The fourth-order valence-electron chi connectivity index (χ4n) is 3.32. The van der Waals surface area contributed by atoms with Gasteiger partial charge in [-0.25, -0.2) is 4.79 Å². The number of likely N-dealkylation sites (tertiary alicyclic amines) is 1.